The van der Waals surface area contributed by atoms with Gasteiger partial charge in [0.15, 0.2) is 11.2 Å². The number of nitrogens with zero attached hydrogens (tertiary/aromatic N) is 7. The van der Waals surface area contributed by atoms with Crippen LogP contribution < -0.4 is 0 Å². The van der Waals surface area contributed by atoms with E-state index in [2.05, 4.69) is 20.3 Å². The third-order valence-electron chi connectivity index (χ3n) is 3.85. The number of hydrogen-bond acceptors (Lipinski definition) is 8. The highest BCUT2D eigenvalue weighted by atomic mass is 32.2. The van der Waals surface area contributed by atoms with Gasteiger partial charge in [-0.05, 0) is 6.92 Å². The van der Waals surface area contributed by atoms with Crippen molar-refractivity contribution >= 4 is 34.9 Å². The van der Waals surface area contributed by atoms with Crippen LogP contribution in [0.4, 0.5) is 4.79 Å². The summed E-state index contributed by atoms with van der Waals surface area (Å²) in [5, 5.41) is 8.59. The van der Waals surface area contributed by atoms with Crippen LogP contribution in [-0.4, -0.2) is 85.3 Å². The van der Waals surface area contributed by atoms with Gasteiger partial charge in [-0.1, -0.05) is 17.0 Å². The molecule has 1 aliphatic rings. The van der Waals surface area contributed by atoms with Gasteiger partial charge >= 0.3 is 6.09 Å². The molecule has 10 nitrogen and oxygen atoms in total. The van der Waals surface area contributed by atoms with Gasteiger partial charge in [-0.3, -0.25) is 4.79 Å². The number of fused-ring (bicyclic) bond motifs is 1. The van der Waals surface area contributed by atoms with Crippen molar-refractivity contribution in [2.24, 2.45) is 7.05 Å². The van der Waals surface area contributed by atoms with E-state index >= 15 is 0 Å². The number of carbonyl (C=O) groups is 2. The fourth-order valence-corrected chi connectivity index (χ4v) is 3.35. The molecule has 0 atom stereocenters. The van der Waals surface area contributed by atoms with E-state index in [0.29, 0.717) is 49.0 Å². The Bertz CT molecular complexity index is 773. The van der Waals surface area contributed by atoms with Crippen LogP contribution in [0.3, 0.4) is 0 Å². The fraction of sp³-hybridized carbons (Fsp3) is 0.571. The maximum Gasteiger partial charge on any atom is 0.409 e. The van der Waals surface area contributed by atoms with Gasteiger partial charge in [0.2, 0.25) is 5.91 Å². The Morgan fingerprint density at radius 3 is 2.64 bits per heavy atom. The molecule has 0 N–H and O–H groups in total. The van der Waals surface area contributed by atoms with Crippen molar-refractivity contribution in [3.8, 4) is 0 Å². The van der Waals surface area contributed by atoms with E-state index in [1.807, 2.05) is 0 Å². The van der Waals surface area contributed by atoms with Crippen LogP contribution in [0.25, 0.3) is 11.2 Å². The molecule has 0 radical (unpaired) electrons. The van der Waals surface area contributed by atoms with Crippen LogP contribution in [0.1, 0.15) is 6.92 Å². The van der Waals surface area contributed by atoms with E-state index in [0.717, 1.165) is 0 Å². The Labute approximate surface area is 148 Å². The molecule has 0 aromatic carbocycles. The van der Waals surface area contributed by atoms with Gasteiger partial charge in [0.25, 0.3) is 0 Å². The number of piperazine rings is 1. The number of ether oxygens (including phenoxy) is 1. The molecule has 0 spiro atoms. The average Bonchev–Trinajstić information content (AvgIpc) is 3.02. The first kappa shape index (κ1) is 17.4. The minimum atomic E-state index is -0.324. The molecule has 11 heteroatoms. The van der Waals surface area contributed by atoms with Crippen LogP contribution in [0.15, 0.2) is 11.4 Å². The third-order valence-corrected chi connectivity index (χ3v) is 4.81. The van der Waals surface area contributed by atoms with Gasteiger partial charge in [0, 0.05) is 33.2 Å². The minimum Gasteiger partial charge on any atom is -0.450 e. The van der Waals surface area contributed by atoms with Gasteiger partial charge in [-0.15, -0.1) is 5.10 Å². The summed E-state index contributed by atoms with van der Waals surface area (Å²) in [4.78, 5) is 35.8. The van der Waals surface area contributed by atoms with Crippen LogP contribution in [0, 0.1) is 0 Å². The monoisotopic (exact) mass is 365 g/mol. The average molecular weight is 365 g/mol. The summed E-state index contributed by atoms with van der Waals surface area (Å²) in [5.41, 5.74) is 1.22. The lowest BCUT2D eigenvalue weighted by Gasteiger charge is -2.34. The molecule has 3 heterocycles. The number of aryl methyl sites for hydroxylation is 1. The molecule has 25 heavy (non-hydrogen) atoms. The zero-order chi connectivity index (χ0) is 17.8. The first-order chi connectivity index (χ1) is 12.1. The number of amides is 2. The van der Waals surface area contributed by atoms with Gasteiger partial charge in [0.05, 0.1) is 12.4 Å². The van der Waals surface area contributed by atoms with Crippen molar-refractivity contribution in [1.29, 1.82) is 0 Å². The SMILES string of the molecule is CCOC(=O)N1CCN(C(=O)CSc2ncnc3c2nnn3C)CC1. The molecule has 0 bridgehead atoms. The number of aromatic nitrogens is 5. The summed E-state index contributed by atoms with van der Waals surface area (Å²) >= 11 is 1.32. The predicted molar refractivity (Wildman–Crippen MR) is 90.0 cm³/mol. The van der Waals surface area contributed by atoms with Crippen LogP contribution >= 0.6 is 11.8 Å². The Hall–Kier alpha value is -2.43. The molecule has 0 aliphatic carbocycles. The zero-order valence-corrected chi connectivity index (χ0v) is 14.9. The van der Waals surface area contributed by atoms with Crippen LogP contribution in [0.2, 0.25) is 0 Å². The molecule has 2 amide bonds. The second-order valence-corrected chi connectivity index (χ2v) is 6.38. The van der Waals surface area contributed by atoms with E-state index in [-0.39, 0.29) is 17.8 Å². The van der Waals surface area contributed by atoms with Crippen LogP contribution in [-0.2, 0) is 16.6 Å². The van der Waals surface area contributed by atoms with E-state index in [1.54, 1.807) is 28.5 Å². The van der Waals surface area contributed by atoms with E-state index in [9.17, 15) is 9.59 Å². The normalized spacial score (nSPS) is 14.8. The summed E-state index contributed by atoms with van der Waals surface area (Å²) < 4.78 is 6.54. The lowest BCUT2D eigenvalue weighted by Crippen LogP contribution is -2.51. The summed E-state index contributed by atoms with van der Waals surface area (Å²) in [6, 6.07) is 0. The highest BCUT2D eigenvalue weighted by Crippen LogP contribution is 2.22. The molecular weight excluding hydrogens is 346 g/mol. The summed E-state index contributed by atoms with van der Waals surface area (Å²) in [6.45, 7) is 4.10. The van der Waals surface area contributed by atoms with Gasteiger partial charge < -0.3 is 14.5 Å². The molecule has 0 saturated carbocycles. The molecule has 2 aromatic heterocycles. The second kappa shape index (κ2) is 7.64. The second-order valence-electron chi connectivity index (χ2n) is 5.42. The maximum atomic E-state index is 12.4. The lowest BCUT2D eigenvalue weighted by molar-refractivity contribution is -0.129. The van der Waals surface area contributed by atoms with Crippen molar-refractivity contribution in [3.63, 3.8) is 0 Å². The smallest absolute Gasteiger partial charge is 0.409 e. The Morgan fingerprint density at radius 2 is 1.92 bits per heavy atom. The number of carbonyl (C=O) groups excluding carboxylic acids is 2. The van der Waals surface area contributed by atoms with Crippen molar-refractivity contribution in [2.75, 3.05) is 38.5 Å². The lowest BCUT2D eigenvalue weighted by atomic mass is 10.3. The standard InChI is InChI=1S/C14H19N7O3S/c1-3-24-14(23)21-6-4-20(5-7-21)10(22)8-25-13-11-12(15-9-16-13)19(2)18-17-11/h9H,3-8H2,1-2H3. The Kier molecular flexibility index (Phi) is 5.31. The van der Waals surface area contributed by atoms with E-state index in [1.165, 1.54) is 18.1 Å². The molecule has 2 aromatic rings. The number of rotatable bonds is 4. The summed E-state index contributed by atoms with van der Waals surface area (Å²) in [7, 11) is 1.75. The number of hydrogen-bond donors (Lipinski definition) is 0. The highest BCUT2D eigenvalue weighted by molar-refractivity contribution is 8.00. The minimum absolute atomic E-state index is 0.00385. The first-order valence-electron chi connectivity index (χ1n) is 7.92. The fourth-order valence-electron chi connectivity index (χ4n) is 2.51. The quantitative estimate of drug-likeness (QED) is 0.557. The number of thioether (sulfide) groups is 1. The molecule has 134 valence electrons. The molecule has 1 aliphatic heterocycles. The Morgan fingerprint density at radius 1 is 1.20 bits per heavy atom. The maximum absolute atomic E-state index is 12.4. The third kappa shape index (κ3) is 3.81. The molecule has 1 fully saturated rings. The molecule has 1 saturated heterocycles. The first-order valence-corrected chi connectivity index (χ1v) is 8.91. The van der Waals surface area contributed by atoms with Gasteiger partial charge in [-0.25, -0.2) is 19.4 Å². The predicted octanol–water partition coefficient (Wildman–Crippen LogP) is 0.151. The van der Waals surface area contributed by atoms with Crippen molar-refractivity contribution < 1.29 is 14.3 Å². The van der Waals surface area contributed by atoms with Crippen molar-refractivity contribution in [3.05, 3.63) is 6.33 Å². The van der Waals surface area contributed by atoms with Crippen LogP contribution in [0.5, 0.6) is 0 Å². The summed E-state index contributed by atoms with van der Waals surface area (Å²) in [5.74, 6) is 0.256. The van der Waals surface area contributed by atoms with Crippen molar-refractivity contribution in [2.45, 2.75) is 11.9 Å². The molecular formula is C14H19N7O3S. The van der Waals surface area contributed by atoms with E-state index in [4.69, 9.17) is 4.74 Å². The largest absolute Gasteiger partial charge is 0.450 e. The zero-order valence-electron chi connectivity index (χ0n) is 14.1. The van der Waals surface area contributed by atoms with Gasteiger partial charge in [-0.2, -0.15) is 0 Å². The molecule has 3 rings (SSSR count). The topological polar surface area (TPSA) is 106 Å². The molecule has 0 unspecified atom stereocenters. The van der Waals surface area contributed by atoms with Gasteiger partial charge in [0.1, 0.15) is 11.4 Å². The Balaban J connectivity index is 1.54. The van der Waals surface area contributed by atoms with E-state index < -0.39 is 0 Å². The van der Waals surface area contributed by atoms with Crippen molar-refractivity contribution in [1.82, 2.24) is 34.8 Å². The highest BCUT2D eigenvalue weighted by Gasteiger charge is 2.25. The summed E-state index contributed by atoms with van der Waals surface area (Å²) in [6.07, 6.45) is 1.12.